The molecule has 0 fully saturated rings. The summed E-state index contributed by atoms with van der Waals surface area (Å²) in [5, 5.41) is 2.69. The Kier molecular flexibility index (Phi) is 3.42. The summed E-state index contributed by atoms with van der Waals surface area (Å²) in [5.41, 5.74) is 7.94. The Morgan fingerprint density at radius 2 is 1.57 bits per heavy atom. The van der Waals surface area contributed by atoms with Gasteiger partial charge in [-0.15, -0.1) is 0 Å². The van der Waals surface area contributed by atoms with Crippen molar-refractivity contribution >= 4 is 27.4 Å². The molecule has 0 radical (unpaired) electrons. The standard InChI is InChI=1S/C27H21N/c1-3-7-19(8-4-1)21-13-15-26-24(17-21)25-18-22(20-11-12-20)14-16-27(25)28(26)23-9-5-2-6-10-23/h1-3,5-7,9-18,20H,4,8H2. The summed E-state index contributed by atoms with van der Waals surface area (Å²) in [4.78, 5) is 0. The lowest BCUT2D eigenvalue weighted by Crippen LogP contribution is -1.93. The lowest BCUT2D eigenvalue weighted by Gasteiger charge is -2.10. The van der Waals surface area contributed by atoms with Crippen LogP contribution in [0.3, 0.4) is 0 Å². The normalized spacial score (nSPS) is 16.1. The smallest absolute Gasteiger partial charge is 0.0541 e. The minimum absolute atomic E-state index is 0.522. The number of fused-ring (bicyclic) bond motifs is 3. The molecule has 134 valence electrons. The first kappa shape index (κ1) is 15.7. The zero-order valence-electron chi connectivity index (χ0n) is 15.7. The summed E-state index contributed by atoms with van der Waals surface area (Å²) in [7, 11) is 0. The highest BCUT2D eigenvalue weighted by Crippen LogP contribution is 2.38. The van der Waals surface area contributed by atoms with E-state index in [0.29, 0.717) is 5.92 Å². The monoisotopic (exact) mass is 359 g/mol. The first-order valence-electron chi connectivity index (χ1n) is 10.1. The van der Waals surface area contributed by atoms with Gasteiger partial charge in [0.25, 0.3) is 0 Å². The van der Waals surface area contributed by atoms with Crippen LogP contribution >= 0.6 is 0 Å². The zero-order valence-corrected chi connectivity index (χ0v) is 15.7. The highest BCUT2D eigenvalue weighted by Gasteiger charge is 2.18. The van der Waals surface area contributed by atoms with E-state index < -0.39 is 0 Å². The zero-order chi connectivity index (χ0) is 18.5. The molecule has 0 unspecified atom stereocenters. The molecule has 1 nitrogen and oxygen atoms in total. The van der Waals surface area contributed by atoms with Crippen molar-refractivity contribution in [1.29, 1.82) is 0 Å². The predicted molar refractivity (Wildman–Crippen MR) is 119 cm³/mol. The molecule has 0 amide bonds. The lowest BCUT2D eigenvalue weighted by molar-refractivity contribution is 1.05. The summed E-state index contributed by atoms with van der Waals surface area (Å²) in [6.07, 6.45) is 13.5. The van der Waals surface area contributed by atoms with Gasteiger partial charge < -0.3 is 4.57 Å². The molecule has 0 saturated carbocycles. The fourth-order valence-electron chi connectivity index (χ4n) is 4.42. The van der Waals surface area contributed by atoms with Crippen LogP contribution in [0, 0.1) is 0 Å². The van der Waals surface area contributed by atoms with Gasteiger partial charge >= 0.3 is 0 Å². The van der Waals surface area contributed by atoms with Crippen LogP contribution in [0.2, 0.25) is 0 Å². The fourth-order valence-corrected chi connectivity index (χ4v) is 4.42. The number of allylic oxidation sites excluding steroid dienone is 6. The van der Waals surface area contributed by atoms with E-state index in [4.69, 9.17) is 0 Å². The number of hydrogen-bond donors (Lipinski definition) is 0. The Hall–Kier alpha value is -3.32. The van der Waals surface area contributed by atoms with Crippen LogP contribution in [0.4, 0.5) is 0 Å². The van der Waals surface area contributed by atoms with Gasteiger partial charge in [0.05, 0.1) is 11.0 Å². The Balaban J connectivity index is 1.65. The fraction of sp³-hybridized carbons (Fsp3) is 0.111. The quantitative estimate of drug-likeness (QED) is 0.342. The van der Waals surface area contributed by atoms with E-state index in [1.807, 2.05) is 0 Å². The number of benzene rings is 3. The van der Waals surface area contributed by atoms with E-state index in [0.717, 1.165) is 12.8 Å². The third kappa shape index (κ3) is 2.47. The molecule has 3 aromatic carbocycles. The highest BCUT2D eigenvalue weighted by molar-refractivity contribution is 6.10. The van der Waals surface area contributed by atoms with Crippen molar-refractivity contribution in [3.05, 3.63) is 108 Å². The molecule has 1 heterocycles. The SMILES string of the molecule is C1=CCCC(c2ccc3c(c2)c2cc(C4C=C4)ccc2n3-c2ccccc2)=C1. The van der Waals surface area contributed by atoms with Crippen LogP contribution in [-0.4, -0.2) is 4.57 Å². The molecule has 0 N–H and O–H groups in total. The van der Waals surface area contributed by atoms with Crippen LogP contribution in [0.1, 0.15) is 29.9 Å². The molecule has 6 rings (SSSR count). The molecule has 0 saturated heterocycles. The Morgan fingerprint density at radius 1 is 0.786 bits per heavy atom. The molecule has 4 aromatic rings. The largest absolute Gasteiger partial charge is 0.309 e. The maximum atomic E-state index is 2.40. The van der Waals surface area contributed by atoms with Gasteiger partial charge in [-0.3, -0.25) is 0 Å². The number of para-hydroxylation sites is 1. The van der Waals surface area contributed by atoms with Crippen molar-refractivity contribution < 1.29 is 0 Å². The van der Waals surface area contributed by atoms with E-state index in [1.54, 1.807) is 0 Å². The summed E-state index contributed by atoms with van der Waals surface area (Å²) < 4.78 is 2.40. The van der Waals surface area contributed by atoms with E-state index in [-0.39, 0.29) is 0 Å². The van der Waals surface area contributed by atoms with Crippen LogP contribution < -0.4 is 0 Å². The predicted octanol–water partition coefficient (Wildman–Crippen LogP) is 7.17. The molecule has 0 aliphatic heterocycles. The average Bonchev–Trinajstić information content (AvgIpc) is 3.57. The summed E-state index contributed by atoms with van der Waals surface area (Å²) >= 11 is 0. The number of aromatic nitrogens is 1. The number of rotatable bonds is 3. The molecular weight excluding hydrogens is 338 g/mol. The van der Waals surface area contributed by atoms with Crippen LogP contribution in [-0.2, 0) is 0 Å². The first-order chi connectivity index (χ1) is 13.9. The number of hydrogen-bond acceptors (Lipinski definition) is 0. The van der Waals surface area contributed by atoms with Gasteiger partial charge in [-0.05, 0) is 65.9 Å². The molecular formula is C27H21N. The molecule has 2 aliphatic carbocycles. The Bertz CT molecular complexity index is 1290. The van der Waals surface area contributed by atoms with Crippen LogP contribution in [0.25, 0.3) is 33.1 Å². The van der Waals surface area contributed by atoms with Crippen molar-refractivity contribution in [3.63, 3.8) is 0 Å². The van der Waals surface area contributed by atoms with Crippen LogP contribution in [0.15, 0.2) is 97.1 Å². The Labute approximate surface area is 164 Å². The van der Waals surface area contributed by atoms with E-state index >= 15 is 0 Å². The number of nitrogens with zero attached hydrogens (tertiary/aromatic N) is 1. The van der Waals surface area contributed by atoms with Gasteiger partial charge in [-0.25, -0.2) is 0 Å². The molecule has 0 bridgehead atoms. The van der Waals surface area contributed by atoms with Crippen molar-refractivity contribution in [3.8, 4) is 5.69 Å². The van der Waals surface area contributed by atoms with Crippen molar-refractivity contribution in [2.24, 2.45) is 0 Å². The lowest BCUT2D eigenvalue weighted by atomic mass is 9.96. The van der Waals surface area contributed by atoms with Crippen LogP contribution in [0.5, 0.6) is 0 Å². The van der Waals surface area contributed by atoms with E-state index in [9.17, 15) is 0 Å². The van der Waals surface area contributed by atoms with Crippen molar-refractivity contribution in [1.82, 2.24) is 4.57 Å². The second-order valence-corrected chi connectivity index (χ2v) is 7.75. The molecule has 28 heavy (non-hydrogen) atoms. The van der Waals surface area contributed by atoms with Gasteiger partial charge in [0.1, 0.15) is 0 Å². The molecule has 0 atom stereocenters. The van der Waals surface area contributed by atoms with E-state index in [1.165, 1.54) is 44.2 Å². The van der Waals surface area contributed by atoms with Gasteiger partial charge in [0.2, 0.25) is 0 Å². The maximum Gasteiger partial charge on any atom is 0.0541 e. The van der Waals surface area contributed by atoms with Gasteiger partial charge in [0, 0.05) is 22.4 Å². The third-order valence-electron chi connectivity index (χ3n) is 5.96. The molecule has 0 spiro atoms. The highest BCUT2D eigenvalue weighted by atomic mass is 15.0. The third-order valence-corrected chi connectivity index (χ3v) is 5.96. The second kappa shape index (κ2) is 6.10. The van der Waals surface area contributed by atoms with E-state index in [2.05, 4.69) is 102 Å². The van der Waals surface area contributed by atoms with Gasteiger partial charge in [-0.1, -0.05) is 60.7 Å². The molecule has 1 heteroatoms. The van der Waals surface area contributed by atoms with Gasteiger partial charge in [0.15, 0.2) is 0 Å². The minimum atomic E-state index is 0.522. The summed E-state index contributed by atoms with van der Waals surface area (Å²) in [5.74, 6) is 0.522. The van der Waals surface area contributed by atoms with Gasteiger partial charge in [-0.2, -0.15) is 0 Å². The summed E-state index contributed by atoms with van der Waals surface area (Å²) in [6.45, 7) is 0. The second-order valence-electron chi connectivity index (χ2n) is 7.75. The molecule has 2 aliphatic rings. The van der Waals surface area contributed by atoms with Crippen molar-refractivity contribution in [2.75, 3.05) is 0 Å². The maximum absolute atomic E-state index is 2.40. The molecule has 1 aromatic heterocycles. The summed E-state index contributed by atoms with van der Waals surface area (Å²) in [6, 6.07) is 24.6. The average molecular weight is 359 g/mol. The Morgan fingerprint density at radius 3 is 2.32 bits per heavy atom. The first-order valence-corrected chi connectivity index (χ1v) is 10.1. The topological polar surface area (TPSA) is 4.93 Å². The van der Waals surface area contributed by atoms with Crippen molar-refractivity contribution in [2.45, 2.75) is 18.8 Å². The minimum Gasteiger partial charge on any atom is -0.309 e.